The van der Waals surface area contributed by atoms with Gasteiger partial charge in [-0.05, 0) is 66.6 Å². The van der Waals surface area contributed by atoms with Crippen LogP contribution in [0.2, 0.25) is 0 Å². The summed E-state index contributed by atoms with van der Waals surface area (Å²) in [6.45, 7) is 0.448. The van der Waals surface area contributed by atoms with Crippen molar-refractivity contribution in [3.8, 4) is 11.5 Å². The van der Waals surface area contributed by atoms with E-state index in [2.05, 4.69) is 15.6 Å². The van der Waals surface area contributed by atoms with Crippen molar-refractivity contribution in [3.63, 3.8) is 0 Å². The Bertz CT molecular complexity index is 1280. The highest BCUT2D eigenvalue weighted by Gasteiger charge is 2.14. The SMILES string of the molecule is COc1ccc(C(=O)Nc2ccccc2C(=O)NCCc2c[nH]c3ccc(OC)cc23)cc1. The summed E-state index contributed by atoms with van der Waals surface area (Å²) in [4.78, 5) is 28.7. The van der Waals surface area contributed by atoms with Crippen molar-refractivity contribution in [3.05, 3.63) is 89.6 Å². The van der Waals surface area contributed by atoms with E-state index < -0.39 is 0 Å². The molecule has 1 aromatic heterocycles. The lowest BCUT2D eigenvalue weighted by atomic mass is 10.1. The van der Waals surface area contributed by atoms with Gasteiger partial charge >= 0.3 is 0 Å². The Morgan fingerprint density at radius 2 is 1.61 bits per heavy atom. The molecule has 0 unspecified atom stereocenters. The van der Waals surface area contributed by atoms with Crippen LogP contribution in [0, 0.1) is 0 Å². The molecule has 4 rings (SSSR count). The Morgan fingerprint density at radius 1 is 0.879 bits per heavy atom. The first kappa shape index (κ1) is 22.0. The van der Waals surface area contributed by atoms with E-state index in [0.717, 1.165) is 22.2 Å². The molecule has 0 aliphatic carbocycles. The molecule has 0 radical (unpaired) electrons. The Kier molecular flexibility index (Phi) is 6.59. The summed E-state index contributed by atoms with van der Waals surface area (Å²) in [7, 11) is 3.21. The molecule has 3 N–H and O–H groups in total. The third-order valence-corrected chi connectivity index (χ3v) is 5.43. The van der Waals surface area contributed by atoms with Crippen molar-refractivity contribution in [2.24, 2.45) is 0 Å². The largest absolute Gasteiger partial charge is 0.497 e. The highest BCUT2D eigenvalue weighted by molar-refractivity contribution is 6.09. The van der Waals surface area contributed by atoms with Gasteiger partial charge in [-0.25, -0.2) is 0 Å². The van der Waals surface area contributed by atoms with Crippen molar-refractivity contribution in [1.82, 2.24) is 10.3 Å². The minimum absolute atomic E-state index is 0.252. The topological polar surface area (TPSA) is 92.5 Å². The molecule has 0 aliphatic rings. The lowest BCUT2D eigenvalue weighted by molar-refractivity contribution is 0.0955. The van der Waals surface area contributed by atoms with Gasteiger partial charge in [0.1, 0.15) is 11.5 Å². The van der Waals surface area contributed by atoms with Crippen molar-refractivity contribution in [1.29, 1.82) is 0 Å². The van der Waals surface area contributed by atoms with E-state index in [0.29, 0.717) is 35.5 Å². The molecule has 7 nitrogen and oxygen atoms in total. The number of nitrogens with one attached hydrogen (secondary N) is 3. The van der Waals surface area contributed by atoms with Crippen molar-refractivity contribution < 1.29 is 19.1 Å². The number of amides is 2. The molecule has 0 aliphatic heterocycles. The highest BCUT2D eigenvalue weighted by atomic mass is 16.5. The molecular weight excluding hydrogens is 418 g/mol. The number of aromatic nitrogens is 1. The molecule has 0 bridgehead atoms. The van der Waals surface area contributed by atoms with Crippen LogP contribution < -0.4 is 20.1 Å². The highest BCUT2D eigenvalue weighted by Crippen LogP contribution is 2.24. The molecule has 4 aromatic rings. The molecule has 0 saturated heterocycles. The van der Waals surface area contributed by atoms with Crippen LogP contribution in [0.25, 0.3) is 10.9 Å². The van der Waals surface area contributed by atoms with E-state index in [1.807, 2.05) is 24.4 Å². The quantitative estimate of drug-likeness (QED) is 0.376. The van der Waals surface area contributed by atoms with Gasteiger partial charge in [-0.3, -0.25) is 9.59 Å². The van der Waals surface area contributed by atoms with Crippen LogP contribution in [0.3, 0.4) is 0 Å². The monoisotopic (exact) mass is 443 g/mol. The fraction of sp³-hybridized carbons (Fsp3) is 0.154. The van der Waals surface area contributed by atoms with Gasteiger partial charge in [0.15, 0.2) is 0 Å². The number of carbonyl (C=O) groups excluding carboxylic acids is 2. The number of anilines is 1. The third kappa shape index (κ3) is 4.98. The molecule has 7 heteroatoms. The molecule has 168 valence electrons. The van der Waals surface area contributed by atoms with Crippen LogP contribution >= 0.6 is 0 Å². The average molecular weight is 444 g/mol. The number of hydrogen-bond acceptors (Lipinski definition) is 4. The molecule has 2 amide bonds. The zero-order chi connectivity index (χ0) is 23.2. The van der Waals surface area contributed by atoms with Crippen molar-refractivity contribution >= 4 is 28.4 Å². The van der Waals surface area contributed by atoms with Gasteiger partial charge in [0.25, 0.3) is 11.8 Å². The number of aromatic amines is 1. The van der Waals surface area contributed by atoms with E-state index >= 15 is 0 Å². The number of benzene rings is 3. The van der Waals surface area contributed by atoms with E-state index in [1.165, 1.54) is 0 Å². The minimum atomic E-state index is -0.300. The fourth-order valence-electron chi connectivity index (χ4n) is 3.62. The second kappa shape index (κ2) is 9.91. The number of rotatable bonds is 8. The van der Waals surface area contributed by atoms with Crippen LogP contribution in [0.5, 0.6) is 11.5 Å². The molecule has 33 heavy (non-hydrogen) atoms. The van der Waals surface area contributed by atoms with Crippen LogP contribution in [0.1, 0.15) is 26.3 Å². The van der Waals surface area contributed by atoms with Gasteiger partial charge in [0, 0.05) is 29.2 Å². The molecule has 1 heterocycles. The molecule has 0 fully saturated rings. The predicted octanol–water partition coefficient (Wildman–Crippen LogP) is 4.41. The number of methoxy groups -OCH3 is 2. The second-order valence-corrected chi connectivity index (χ2v) is 7.46. The van der Waals surface area contributed by atoms with E-state index in [1.54, 1.807) is 62.8 Å². The summed E-state index contributed by atoms with van der Waals surface area (Å²) in [6, 6.07) is 19.6. The van der Waals surface area contributed by atoms with Gasteiger partial charge in [-0.2, -0.15) is 0 Å². The Hall–Kier alpha value is -4.26. The van der Waals surface area contributed by atoms with Crippen LogP contribution in [-0.4, -0.2) is 37.6 Å². The number of hydrogen-bond donors (Lipinski definition) is 3. The van der Waals surface area contributed by atoms with Crippen molar-refractivity contribution in [2.45, 2.75) is 6.42 Å². The summed E-state index contributed by atoms with van der Waals surface area (Å²) in [5.41, 5.74) is 3.43. The third-order valence-electron chi connectivity index (χ3n) is 5.43. The summed E-state index contributed by atoms with van der Waals surface area (Å²) in [5, 5.41) is 6.84. The van der Waals surface area contributed by atoms with Gasteiger partial charge < -0.3 is 25.1 Å². The normalized spacial score (nSPS) is 10.6. The Labute approximate surface area is 191 Å². The zero-order valence-corrected chi connectivity index (χ0v) is 18.5. The first-order chi connectivity index (χ1) is 16.1. The molecule has 3 aromatic carbocycles. The predicted molar refractivity (Wildman–Crippen MR) is 128 cm³/mol. The number of para-hydroxylation sites is 1. The second-order valence-electron chi connectivity index (χ2n) is 7.46. The molecule has 0 atom stereocenters. The van der Waals surface area contributed by atoms with E-state index in [9.17, 15) is 9.59 Å². The van der Waals surface area contributed by atoms with E-state index in [-0.39, 0.29) is 11.8 Å². The number of H-pyrrole nitrogens is 1. The number of carbonyl (C=O) groups is 2. The maximum absolute atomic E-state index is 12.9. The van der Waals surface area contributed by atoms with Crippen molar-refractivity contribution in [2.75, 3.05) is 26.1 Å². The molecule has 0 saturated carbocycles. The van der Waals surface area contributed by atoms with Crippen LogP contribution in [-0.2, 0) is 6.42 Å². The molecular formula is C26H25N3O4. The van der Waals surface area contributed by atoms with Crippen LogP contribution in [0.15, 0.2) is 72.9 Å². The summed E-state index contributed by atoms with van der Waals surface area (Å²) in [6.07, 6.45) is 2.60. The summed E-state index contributed by atoms with van der Waals surface area (Å²) < 4.78 is 10.4. The van der Waals surface area contributed by atoms with Gasteiger partial charge in [-0.1, -0.05) is 12.1 Å². The fourth-order valence-corrected chi connectivity index (χ4v) is 3.62. The standard InChI is InChI=1S/C26H25N3O4/c1-32-19-9-7-17(8-10-19)25(30)29-24-6-4-3-5-21(24)26(31)27-14-13-18-16-28-23-12-11-20(33-2)15-22(18)23/h3-12,15-16,28H,13-14H2,1-2H3,(H,27,31)(H,29,30). The van der Waals surface area contributed by atoms with Gasteiger partial charge in [0.05, 0.1) is 25.5 Å². The summed E-state index contributed by atoms with van der Waals surface area (Å²) in [5.74, 6) is 0.901. The first-order valence-corrected chi connectivity index (χ1v) is 10.6. The van der Waals surface area contributed by atoms with Gasteiger partial charge in [0.2, 0.25) is 0 Å². The van der Waals surface area contributed by atoms with E-state index in [4.69, 9.17) is 9.47 Å². The smallest absolute Gasteiger partial charge is 0.255 e. The lowest BCUT2D eigenvalue weighted by Gasteiger charge is -2.12. The Balaban J connectivity index is 1.41. The number of ether oxygens (including phenoxy) is 2. The maximum atomic E-state index is 12.9. The lowest BCUT2D eigenvalue weighted by Crippen LogP contribution is -2.27. The Morgan fingerprint density at radius 3 is 2.36 bits per heavy atom. The molecule has 0 spiro atoms. The minimum Gasteiger partial charge on any atom is -0.497 e. The first-order valence-electron chi connectivity index (χ1n) is 10.6. The van der Waals surface area contributed by atoms with Crippen LogP contribution in [0.4, 0.5) is 5.69 Å². The average Bonchev–Trinajstić information content (AvgIpc) is 3.26. The maximum Gasteiger partial charge on any atom is 0.255 e. The number of fused-ring (bicyclic) bond motifs is 1. The summed E-state index contributed by atoms with van der Waals surface area (Å²) >= 11 is 0. The van der Waals surface area contributed by atoms with Gasteiger partial charge in [-0.15, -0.1) is 0 Å². The zero-order valence-electron chi connectivity index (χ0n) is 18.5.